The molecule has 0 bridgehead atoms. The number of piperidine rings is 1. The van der Waals surface area contributed by atoms with E-state index in [4.69, 9.17) is 15.2 Å². The Kier molecular flexibility index (Phi) is 7.40. The van der Waals surface area contributed by atoms with Crippen LogP contribution in [-0.2, 0) is 4.79 Å². The first-order valence-corrected chi connectivity index (χ1v) is 11.6. The number of nitrogen functional groups attached to an aromatic ring is 1. The number of nitrogens with two attached hydrogens (primary N) is 1. The standard InChI is InChI=1S/C25H30N6O4/c1-4-8-17(32)14-18(30-11-6-5-7-12-30)25(33)31-24-21(23(26)27-15-28-24)22(29-31)16-9-10-19(34-2)20(13-16)35-3/h4,8-10,13,15,18H,5-7,11-12,14H2,1-3H3,(H2,26,27,28)/b8-4+. The highest BCUT2D eigenvalue weighted by molar-refractivity contribution is 6.04. The number of carbonyl (C=O) groups is 2. The van der Waals surface area contributed by atoms with Gasteiger partial charge < -0.3 is 15.2 Å². The molecular weight excluding hydrogens is 448 g/mol. The van der Waals surface area contributed by atoms with Crippen molar-refractivity contribution in [2.24, 2.45) is 0 Å². The first kappa shape index (κ1) is 24.3. The Morgan fingerprint density at radius 1 is 1.11 bits per heavy atom. The van der Waals surface area contributed by atoms with Crippen LogP contribution in [0.25, 0.3) is 22.3 Å². The van der Waals surface area contributed by atoms with Crippen LogP contribution in [0, 0.1) is 0 Å². The van der Waals surface area contributed by atoms with Gasteiger partial charge in [-0.3, -0.25) is 14.5 Å². The van der Waals surface area contributed by atoms with Crippen LogP contribution in [0.5, 0.6) is 11.5 Å². The Morgan fingerprint density at radius 2 is 1.86 bits per heavy atom. The van der Waals surface area contributed by atoms with Crippen LogP contribution in [0.3, 0.4) is 0 Å². The maximum absolute atomic E-state index is 13.9. The number of hydrogen-bond acceptors (Lipinski definition) is 9. The summed E-state index contributed by atoms with van der Waals surface area (Å²) in [4.78, 5) is 37.0. The van der Waals surface area contributed by atoms with Crippen LogP contribution < -0.4 is 15.2 Å². The lowest BCUT2D eigenvalue weighted by atomic mass is 10.0. The van der Waals surface area contributed by atoms with Crippen molar-refractivity contribution in [2.45, 2.75) is 38.6 Å². The summed E-state index contributed by atoms with van der Waals surface area (Å²) in [6.45, 7) is 3.28. The van der Waals surface area contributed by atoms with Crippen LogP contribution in [0.15, 0.2) is 36.7 Å². The fourth-order valence-corrected chi connectivity index (χ4v) is 4.50. The van der Waals surface area contributed by atoms with Gasteiger partial charge in [0.1, 0.15) is 17.8 Å². The molecule has 3 heterocycles. The molecule has 1 atom stereocenters. The fraction of sp³-hybridized carbons (Fsp3) is 0.400. The molecule has 1 aromatic carbocycles. The number of anilines is 1. The number of aromatic nitrogens is 4. The molecule has 0 radical (unpaired) electrons. The predicted molar refractivity (Wildman–Crippen MR) is 133 cm³/mol. The highest BCUT2D eigenvalue weighted by Gasteiger charge is 2.33. The molecule has 1 saturated heterocycles. The number of allylic oxidation sites excluding steroid dienone is 2. The Morgan fingerprint density at radius 3 is 2.54 bits per heavy atom. The van der Waals surface area contributed by atoms with Crippen LogP contribution >= 0.6 is 0 Å². The molecule has 1 fully saturated rings. The van der Waals surface area contributed by atoms with Crippen LogP contribution in [0.1, 0.15) is 37.4 Å². The molecule has 1 unspecified atom stereocenters. The van der Waals surface area contributed by atoms with E-state index in [1.54, 1.807) is 39.4 Å². The second-order valence-electron chi connectivity index (χ2n) is 8.41. The van der Waals surface area contributed by atoms with E-state index in [1.165, 1.54) is 17.1 Å². The van der Waals surface area contributed by atoms with Gasteiger partial charge in [0.05, 0.1) is 25.6 Å². The number of methoxy groups -OCH3 is 2. The van der Waals surface area contributed by atoms with Gasteiger partial charge in [-0.15, -0.1) is 0 Å². The summed E-state index contributed by atoms with van der Waals surface area (Å²) in [7, 11) is 3.10. The first-order chi connectivity index (χ1) is 17.0. The monoisotopic (exact) mass is 478 g/mol. The van der Waals surface area contributed by atoms with Crippen molar-refractivity contribution in [1.29, 1.82) is 0 Å². The maximum atomic E-state index is 13.9. The van der Waals surface area contributed by atoms with Gasteiger partial charge in [-0.05, 0) is 57.1 Å². The molecule has 0 saturated carbocycles. The van der Waals surface area contributed by atoms with E-state index in [0.29, 0.717) is 33.8 Å². The van der Waals surface area contributed by atoms with E-state index in [2.05, 4.69) is 20.0 Å². The zero-order valence-electron chi connectivity index (χ0n) is 20.2. The number of rotatable bonds is 8. The summed E-state index contributed by atoms with van der Waals surface area (Å²) >= 11 is 0. The lowest BCUT2D eigenvalue weighted by Crippen LogP contribution is -2.47. The molecule has 1 aliphatic heterocycles. The minimum Gasteiger partial charge on any atom is -0.493 e. The van der Waals surface area contributed by atoms with Gasteiger partial charge in [0, 0.05) is 12.0 Å². The number of hydrogen-bond donors (Lipinski definition) is 1. The SMILES string of the molecule is C/C=C/C(=O)CC(C(=O)n1nc(-c2ccc(OC)c(OC)c2)c2c(N)ncnc21)N1CCCCC1. The summed E-state index contributed by atoms with van der Waals surface area (Å²) in [5, 5.41) is 5.12. The van der Waals surface area contributed by atoms with E-state index < -0.39 is 6.04 Å². The number of benzene rings is 1. The number of fused-ring (bicyclic) bond motifs is 1. The molecule has 35 heavy (non-hydrogen) atoms. The average Bonchev–Trinajstić information content (AvgIpc) is 3.28. The molecule has 4 rings (SSSR count). The minimum atomic E-state index is -0.656. The summed E-state index contributed by atoms with van der Waals surface area (Å²) in [6, 6.07) is 4.67. The van der Waals surface area contributed by atoms with E-state index >= 15 is 0 Å². The Balaban J connectivity index is 1.83. The molecule has 2 N–H and O–H groups in total. The van der Waals surface area contributed by atoms with Crippen molar-refractivity contribution in [3.8, 4) is 22.8 Å². The number of nitrogens with zero attached hydrogens (tertiary/aromatic N) is 5. The summed E-state index contributed by atoms with van der Waals surface area (Å²) in [5.41, 5.74) is 7.64. The van der Waals surface area contributed by atoms with Crippen molar-refractivity contribution in [3.63, 3.8) is 0 Å². The normalized spacial score (nSPS) is 15.4. The van der Waals surface area contributed by atoms with Gasteiger partial charge in [0.25, 0.3) is 5.91 Å². The zero-order chi connectivity index (χ0) is 24.9. The van der Waals surface area contributed by atoms with Crippen molar-refractivity contribution in [1.82, 2.24) is 24.6 Å². The molecular formula is C25H30N6O4. The number of likely N-dealkylation sites (tertiary alicyclic amines) is 1. The molecule has 184 valence electrons. The number of ketones is 1. The van der Waals surface area contributed by atoms with Crippen LogP contribution in [-0.4, -0.2) is 69.7 Å². The third-order valence-corrected chi connectivity index (χ3v) is 6.22. The second-order valence-corrected chi connectivity index (χ2v) is 8.41. The molecule has 0 amide bonds. The molecule has 0 aliphatic carbocycles. The maximum Gasteiger partial charge on any atom is 0.266 e. The van der Waals surface area contributed by atoms with Crippen LogP contribution in [0.4, 0.5) is 5.82 Å². The van der Waals surface area contributed by atoms with Crippen molar-refractivity contribution < 1.29 is 19.1 Å². The van der Waals surface area contributed by atoms with Gasteiger partial charge >= 0.3 is 0 Å². The molecule has 10 heteroatoms. The number of ether oxygens (including phenoxy) is 2. The quantitative estimate of drug-likeness (QED) is 0.486. The highest BCUT2D eigenvalue weighted by atomic mass is 16.5. The largest absolute Gasteiger partial charge is 0.493 e. The van der Waals surface area contributed by atoms with Gasteiger partial charge in [0.2, 0.25) is 0 Å². The zero-order valence-corrected chi connectivity index (χ0v) is 20.2. The fourth-order valence-electron chi connectivity index (χ4n) is 4.50. The lowest BCUT2D eigenvalue weighted by Gasteiger charge is -2.32. The molecule has 3 aromatic rings. The van der Waals surface area contributed by atoms with Gasteiger partial charge in [0.15, 0.2) is 22.9 Å². The Hall–Kier alpha value is -3.79. The van der Waals surface area contributed by atoms with Gasteiger partial charge in [-0.25, -0.2) is 9.97 Å². The molecule has 10 nitrogen and oxygen atoms in total. The number of carbonyl (C=O) groups excluding carboxylic acids is 2. The third-order valence-electron chi connectivity index (χ3n) is 6.22. The van der Waals surface area contributed by atoms with E-state index in [0.717, 1.165) is 32.4 Å². The second kappa shape index (κ2) is 10.6. The summed E-state index contributed by atoms with van der Waals surface area (Å²) in [6.07, 6.45) is 7.63. The van der Waals surface area contributed by atoms with E-state index in [9.17, 15) is 9.59 Å². The van der Waals surface area contributed by atoms with Crippen molar-refractivity contribution in [2.75, 3.05) is 33.0 Å². The average molecular weight is 479 g/mol. The summed E-state index contributed by atoms with van der Waals surface area (Å²) in [5.74, 6) is 0.852. The van der Waals surface area contributed by atoms with Gasteiger partial charge in [-0.1, -0.05) is 12.5 Å². The first-order valence-electron chi connectivity index (χ1n) is 11.6. The van der Waals surface area contributed by atoms with E-state index in [1.807, 2.05) is 6.07 Å². The van der Waals surface area contributed by atoms with E-state index in [-0.39, 0.29) is 23.9 Å². The molecule has 1 aliphatic rings. The third kappa shape index (κ3) is 4.88. The molecule has 0 spiro atoms. The van der Waals surface area contributed by atoms with Crippen LogP contribution in [0.2, 0.25) is 0 Å². The smallest absolute Gasteiger partial charge is 0.266 e. The minimum absolute atomic E-state index is 0.0663. The highest BCUT2D eigenvalue weighted by Crippen LogP contribution is 2.36. The molecule has 2 aromatic heterocycles. The Bertz CT molecular complexity index is 1260. The van der Waals surface area contributed by atoms with Gasteiger partial charge in [-0.2, -0.15) is 9.78 Å². The lowest BCUT2D eigenvalue weighted by molar-refractivity contribution is -0.115. The van der Waals surface area contributed by atoms with Crippen molar-refractivity contribution in [3.05, 3.63) is 36.7 Å². The summed E-state index contributed by atoms with van der Waals surface area (Å²) < 4.78 is 12.0. The topological polar surface area (TPSA) is 125 Å². The van der Waals surface area contributed by atoms with Crippen molar-refractivity contribution >= 4 is 28.5 Å². The predicted octanol–water partition coefficient (Wildman–Crippen LogP) is 3.12. The Labute approximate surface area is 203 Å².